The van der Waals surface area contributed by atoms with Crippen LogP contribution in [0.1, 0.15) is 48.8 Å². The van der Waals surface area contributed by atoms with E-state index in [0.717, 1.165) is 60.9 Å². The summed E-state index contributed by atoms with van der Waals surface area (Å²) in [4.78, 5) is 30.8. The summed E-state index contributed by atoms with van der Waals surface area (Å²) < 4.78 is 11.2. The molecule has 0 unspecified atom stereocenters. The second kappa shape index (κ2) is 9.19. The van der Waals surface area contributed by atoms with Gasteiger partial charge in [0, 0.05) is 55.1 Å². The second-order valence-electron chi connectivity index (χ2n) is 10.3. The molecule has 1 amide bonds. The van der Waals surface area contributed by atoms with Crippen LogP contribution in [0.2, 0.25) is 0 Å². The Morgan fingerprint density at radius 1 is 1.03 bits per heavy atom. The fraction of sp³-hybridized carbons (Fsp3) is 0.556. The van der Waals surface area contributed by atoms with Crippen LogP contribution in [0.15, 0.2) is 32.0 Å². The number of carbonyl (C=O) groups excluding carboxylic acids is 1. The standard InChI is InChI=1S/C27H35N3O4/c1-18-16-33-23-15-24-21(13-20(18)23)19(2)22(26(32)34-24)14-25(31)28-17-27(7-5-4-6-8-27)30-11-9-29(3)10-12-30/h13,15-16H,4-12,14,17H2,1-3H3,(H,28,31). The van der Waals surface area contributed by atoms with Gasteiger partial charge in [-0.15, -0.1) is 0 Å². The van der Waals surface area contributed by atoms with Crippen LogP contribution in [0.4, 0.5) is 0 Å². The lowest BCUT2D eigenvalue weighted by molar-refractivity contribution is -0.121. The number of furan rings is 1. The Balaban J connectivity index is 1.35. The first kappa shape index (κ1) is 23.1. The molecule has 0 radical (unpaired) electrons. The van der Waals surface area contributed by atoms with Crippen LogP contribution in [0.3, 0.4) is 0 Å². The van der Waals surface area contributed by atoms with E-state index in [1.165, 1.54) is 19.3 Å². The molecule has 1 saturated heterocycles. The van der Waals surface area contributed by atoms with E-state index in [4.69, 9.17) is 8.83 Å². The molecule has 0 atom stereocenters. The van der Waals surface area contributed by atoms with E-state index in [0.29, 0.717) is 23.3 Å². The maximum atomic E-state index is 13.1. The zero-order chi connectivity index (χ0) is 23.9. The third kappa shape index (κ3) is 4.27. The number of benzene rings is 1. The minimum atomic E-state index is -0.450. The number of aryl methyl sites for hydroxylation is 2. The minimum absolute atomic E-state index is 0.0304. The van der Waals surface area contributed by atoms with Crippen molar-refractivity contribution in [3.05, 3.63) is 45.5 Å². The molecule has 1 aliphatic heterocycles. The zero-order valence-corrected chi connectivity index (χ0v) is 20.5. The largest absolute Gasteiger partial charge is 0.464 e. The van der Waals surface area contributed by atoms with Crippen molar-refractivity contribution in [2.24, 2.45) is 0 Å². The first-order valence-electron chi connectivity index (χ1n) is 12.5. The van der Waals surface area contributed by atoms with Crippen LogP contribution < -0.4 is 10.9 Å². The third-order valence-electron chi connectivity index (χ3n) is 8.09. The maximum absolute atomic E-state index is 13.1. The van der Waals surface area contributed by atoms with Crippen molar-refractivity contribution in [3.8, 4) is 0 Å². The summed E-state index contributed by atoms with van der Waals surface area (Å²) in [6, 6.07) is 3.76. The van der Waals surface area contributed by atoms with E-state index in [9.17, 15) is 9.59 Å². The average Bonchev–Trinajstić information content (AvgIpc) is 3.20. The number of carbonyl (C=O) groups is 1. The molecule has 1 N–H and O–H groups in total. The molecule has 1 saturated carbocycles. The second-order valence-corrected chi connectivity index (χ2v) is 10.3. The topological polar surface area (TPSA) is 78.9 Å². The summed E-state index contributed by atoms with van der Waals surface area (Å²) in [6.07, 6.45) is 7.65. The number of nitrogens with one attached hydrogen (secondary N) is 1. The Morgan fingerprint density at radius 3 is 2.50 bits per heavy atom. The molecule has 1 aliphatic carbocycles. The summed E-state index contributed by atoms with van der Waals surface area (Å²) in [6.45, 7) is 8.75. The van der Waals surface area contributed by atoms with E-state index in [1.54, 1.807) is 12.3 Å². The first-order valence-corrected chi connectivity index (χ1v) is 12.5. The number of hydrogen-bond donors (Lipinski definition) is 1. The van der Waals surface area contributed by atoms with E-state index in [1.807, 2.05) is 19.9 Å². The molecule has 3 heterocycles. The highest BCUT2D eigenvalue weighted by Crippen LogP contribution is 2.34. The van der Waals surface area contributed by atoms with Crippen molar-refractivity contribution >= 4 is 27.8 Å². The monoisotopic (exact) mass is 465 g/mol. The highest BCUT2D eigenvalue weighted by molar-refractivity contribution is 5.96. The minimum Gasteiger partial charge on any atom is -0.464 e. The first-order chi connectivity index (χ1) is 16.4. The zero-order valence-electron chi connectivity index (χ0n) is 20.5. The van der Waals surface area contributed by atoms with Gasteiger partial charge in [-0.25, -0.2) is 4.79 Å². The van der Waals surface area contributed by atoms with Crippen molar-refractivity contribution in [1.82, 2.24) is 15.1 Å². The number of likely N-dealkylation sites (N-methyl/N-ethyl adjacent to an activating group) is 1. The summed E-state index contributed by atoms with van der Waals surface area (Å²) >= 11 is 0. The van der Waals surface area contributed by atoms with Crippen LogP contribution in [-0.4, -0.2) is 61.0 Å². The van der Waals surface area contributed by atoms with Gasteiger partial charge in [-0.3, -0.25) is 9.69 Å². The Kier molecular flexibility index (Phi) is 6.25. The van der Waals surface area contributed by atoms with Crippen molar-refractivity contribution in [2.45, 2.75) is 57.9 Å². The molecule has 182 valence electrons. The van der Waals surface area contributed by atoms with Crippen LogP contribution in [0.5, 0.6) is 0 Å². The van der Waals surface area contributed by atoms with Crippen LogP contribution in [0.25, 0.3) is 21.9 Å². The molecule has 5 rings (SSSR count). The SMILES string of the molecule is Cc1coc2cc3oc(=O)c(CC(=O)NCC4(N5CCN(C)CC5)CCCCC4)c(C)c3cc12. The number of fused-ring (bicyclic) bond motifs is 2. The predicted molar refractivity (Wildman–Crippen MR) is 133 cm³/mol. The van der Waals surface area contributed by atoms with Gasteiger partial charge in [-0.2, -0.15) is 0 Å². The van der Waals surface area contributed by atoms with Gasteiger partial charge in [-0.05, 0) is 50.9 Å². The van der Waals surface area contributed by atoms with Gasteiger partial charge in [0.2, 0.25) is 5.91 Å². The smallest absolute Gasteiger partial charge is 0.340 e. The molecule has 7 nitrogen and oxygen atoms in total. The molecule has 2 aliphatic rings. The maximum Gasteiger partial charge on any atom is 0.340 e. The molecule has 34 heavy (non-hydrogen) atoms. The van der Waals surface area contributed by atoms with Crippen LogP contribution in [-0.2, 0) is 11.2 Å². The van der Waals surface area contributed by atoms with E-state index in [2.05, 4.69) is 22.2 Å². The molecule has 0 bridgehead atoms. The molecule has 0 spiro atoms. The number of amides is 1. The average molecular weight is 466 g/mol. The molecule has 1 aromatic carbocycles. The molecule has 2 fully saturated rings. The van der Waals surface area contributed by atoms with Crippen LogP contribution >= 0.6 is 0 Å². The Labute approximate surface area is 200 Å². The number of nitrogens with zero attached hydrogens (tertiary/aromatic N) is 2. The van der Waals surface area contributed by atoms with Crippen molar-refractivity contribution in [2.75, 3.05) is 39.8 Å². The highest BCUT2D eigenvalue weighted by atomic mass is 16.4. The van der Waals surface area contributed by atoms with Gasteiger partial charge < -0.3 is 19.1 Å². The van der Waals surface area contributed by atoms with E-state index >= 15 is 0 Å². The highest BCUT2D eigenvalue weighted by Gasteiger charge is 2.39. The van der Waals surface area contributed by atoms with Gasteiger partial charge >= 0.3 is 5.63 Å². The number of piperazine rings is 1. The van der Waals surface area contributed by atoms with Gasteiger partial charge in [0.05, 0.1) is 18.2 Å². The van der Waals surface area contributed by atoms with Gasteiger partial charge in [-0.1, -0.05) is 19.3 Å². The molecule has 2 aromatic heterocycles. The molecule has 3 aromatic rings. The number of hydrogen-bond acceptors (Lipinski definition) is 6. The summed E-state index contributed by atoms with van der Waals surface area (Å²) in [5, 5.41) is 5.04. The Morgan fingerprint density at radius 2 is 1.76 bits per heavy atom. The lowest BCUT2D eigenvalue weighted by atomic mass is 9.79. The van der Waals surface area contributed by atoms with Gasteiger partial charge in [0.15, 0.2) is 0 Å². The van der Waals surface area contributed by atoms with Gasteiger partial charge in [0.1, 0.15) is 11.2 Å². The quantitative estimate of drug-likeness (QED) is 0.578. The van der Waals surface area contributed by atoms with Gasteiger partial charge in [0.25, 0.3) is 0 Å². The van der Waals surface area contributed by atoms with E-state index < -0.39 is 5.63 Å². The van der Waals surface area contributed by atoms with Crippen molar-refractivity contribution in [3.63, 3.8) is 0 Å². The summed E-state index contributed by atoms with van der Waals surface area (Å²) in [7, 11) is 2.17. The molecular formula is C27H35N3O4. The van der Waals surface area contributed by atoms with Crippen molar-refractivity contribution < 1.29 is 13.6 Å². The fourth-order valence-electron chi connectivity index (χ4n) is 5.82. The molecular weight excluding hydrogens is 430 g/mol. The third-order valence-corrected chi connectivity index (χ3v) is 8.09. The lowest BCUT2D eigenvalue weighted by Gasteiger charge is -2.49. The molecule has 7 heteroatoms. The lowest BCUT2D eigenvalue weighted by Crippen LogP contribution is -2.61. The summed E-state index contributed by atoms with van der Waals surface area (Å²) in [5.41, 5.74) is 3.03. The normalized spacial score (nSPS) is 19.6. The van der Waals surface area contributed by atoms with Crippen molar-refractivity contribution in [1.29, 1.82) is 0 Å². The van der Waals surface area contributed by atoms with E-state index in [-0.39, 0.29) is 17.9 Å². The van der Waals surface area contributed by atoms with Crippen LogP contribution in [0, 0.1) is 13.8 Å². The number of rotatable bonds is 5. The predicted octanol–water partition coefficient (Wildman–Crippen LogP) is 3.77. The fourth-order valence-corrected chi connectivity index (χ4v) is 5.82. The Hall–Kier alpha value is -2.64. The Bertz CT molecular complexity index is 1260. The summed E-state index contributed by atoms with van der Waals surface area (Å²) in [5.74, 6) is -0.116.